The topological polar surface area (TPSA) is 46.2 Å². The molecule has 106 valence electrons. The zero-order chi connectivity index (χ0) is 14.9. The van der Waals surface area contributed by atoms with Crippen LogP contribution in [0.3, 0.4) is 0 Å². The van der Waals surface area contributed by atoms with Gasteiger partial charge in [0.25, 0.3) is 10.0 Å². The van der Waals surface area contributed by atoms with E-state index in [1.807, 2.05) is 0 Å². The van der Waals surface area contributed by atoms with Crippen molar-refractivity contribution < 1.29 is 12.8 Å². The van der Waals surface area contributed by atoms with E-state index in [2.05, 4.69) is 36.6 Å². The second-order valence-electron chi connectivity index (χ2n) is 4.14. The first-order valence-corrected chi connectivity index (χ1v) is 8.60. The fourth-order valence-corrected chi connectivity index (χ4v) is 3.45. The summed E-state index contributed by atoms with van der Waals surface area (Å²) in [6.07, 6.45) is 0. The van der Waals surface area contributed by atoms with Crippen LogP contribution in [0.1, 0.15) is 5.56 Å². The highest BCUT2D eigenvalue weighted by Gasteiger charge is 2.17. The lowest BCUT2D eigenvalue weighted by molar-refractivity contribution is 0.593. The fraction of sp³-hybridized carbons (Fsp3) is 0.0769. The molecule has 0 aromatic heterocycles. The molecule has 0 atom stereocenters. The van der Waals surface area contributed by atoms with Gasteiger partial charge in [-0.2, -0.15) is 0 Å². The van der Waals surface area contributed by atoms with Gasteiger partial charge < -0.3 is 0 Å². The third kappa shape index (κ3) is 3.39. The molecule has 0 aliphatic rings. The second-order valence-corrected chi connectivity index (χ2v) is 7.59. The largest absolute Gasteiger partial charge is 0.279 e. The highest BCUT2D eigenvalue weighted by molar-refractivity contribution is 9.10. The van der Waals surface area contributed by atoms with Gasteiger partial charge in [0.15, 0.2) is 0 Å². The standard InChI is InChI=1S/C13H10Br2FNO2S/c1-8-6-9(14)2-5-13(8)17-20(18,19)10-3-4-11(15)12(16)7-10/h2-7,17H,1H3. The maximum absolute atomic E-state index is 13.4. The molecule has 0 saturated carbocycles. The van der Waals surface area contributed by atoms with Crippen molar-refractivity contribution in [2.75, 3.05) is 4.72 Å². The molecule has 0 amide bonds. The highest BCUT2D eigenvalue weighted by Crippen LogP contribution is 2.24. The van der Waals surface area contributed by atoms with Crippen LogP contribution in [0.4, 0.5) is 10.1 Å². The van der Waals surface area contributed by atoms with E-state index in [4.69, 9.17) is 0 Å². The van der Waals surface area contributed by atoms with Crippen molar-refractivity contribution in [2.45, 2.75) is 11.8 Å². The lowest BCUT2D eigenvalue weighted by Crippen LogP contribution is -2.14. The lowest BCUT2D eigenvalue weighted by atomic mass is 10.2. The molecule has 0 heterocycles. The Morgan fingerprint density at radius 3 is 2.40 bits per heavy atom. The Bertz CT molecular complexity index is 763. The predicted octanol–water partition coefficient (Wildman–Crippen LogP) is 4.46. The van der Waals surface area contributed by atoms with E-state index in [0.717, 1.165) is 16.1 Å². The van der Waals surface area contributed by atoms with E-state index in [1.54, 1.807) is 25.1 Å². The molecule has 0 radical (unpaired) electrons. The van der Waals surface area contributed by atoms with Gasteiger partial charge in [-0.15, -0.1) is 0 Å². The van der Waals surface area contributed by atoms with Gasteiger partial charge in [0.2, 0.25) is 0 Å². The van der Waals surface area contributed by atoms with Gasteiger partial charge in [0.1, 0.15) is 5.82 Å². The molecule has 0 saturated heterocycles. The number of halogens is 3. The molecule has 0 bridgehead atoms. The van der Waals surface area contributed by atoms with E-state index >= 15 is 0 Å². The zero-order valence-electron chi connectivity index (χ0n) is 10.3. The lowest BCUT2D eigenvalue weighted by Gasteiger charge is -2.11. The minimum atomic E-state index is -3.81. The summed E-state index contributed by atoms with van der Waals surface area (Å²) in [6, 6.07) is 8.84. The van der Waals surface area contributed by atoms with Gasteiger partial charge in [-0.05, 0) is 64.8 Å². The van der Waals surface area contributed by atoms with Crippen LogP contribution in [0.15, 0.2) is 50.2 Å². The Balaban J connectivity index is 2.38. The minimum absolute atomic E-state index is 0.125. The van der Waals surface area contributed by atoms with Crippen molar-refractivity contribution >= 4 is 47.6 Å². The van der Waals surface area contributed by atoms with Gasteiger partial charge in [0.05, 0.1) is 15.1 Å². The van der Waals surface area contributed by atoms with Crippen molar-refractivity contribution in [2.24, 2.45) is 0 Å². The maximum Gasteiger partial charge on any atom is 0.262 e. The van der Waals surface area contributed by atoms with Crippen LogP contribution in [0.25, 0.3) is 0 Å². The maximum atomic E-state index is 13.4. The molecule has 2 aromatic rings. The Hall–Kier alpha value is -0.920. The Labute approximate surface area is 133 Å². The summed E-state index contributed by atoms with van der Waals surface area (Å²) >= 11 is 6.29. The highest BCUT2D eigenvalue weighted by atomic mass is 79.9. The van der Waals surface area contributed by atoms with Crippen molar-refractivity contribution in [1.82, 2.24) is 0 Å². The number of aryl methyl sites for hydroxylation is 1. The molecule has 1 N–H and O–H groups in total. The number of sulfonamides is 1. The third-order valence-electron chi connectivity index (χ3n) is 2.63. The van der Waals surface area contributed by atoms with E-state index in [-0.39, 0.29) is 9.37 Å². The van der Waals surface area contributed by atoms with Gasteiger partial charge in [-0.1, -0.05) is 15.9 Å². The number of nitrogens with one attached hydrogen (secondary N) is 1. The second kappa shape index (κ2) is 5.83. The third-order valence-corrected chi connectivity index (χ3v) is 5.13. The first-order valence-electron chi connectivity index (χ1n) is 5.53. The smallest absolute Gasteiger partial charge is 0.262 e. The summed E-state index contributed by atoms with van der Waals surface area (Å²) in [5.41, 5.74) is 1.22. The molecular formula is C13H10Br2FNO2S. The van der Waals surface area contributed by atoms with Gasteiger partial charge in [0, 0.05) is 4.47 Å². The van der Waals surface area contributed by atoms with Crippen LogP contribution >= 0.6 is 31.9 Å². The Morgan fingerprint density at radius 2 is 1.80 bits per heavy atom. The summed E-state index contributed by atoms with van der Waals surface area (Å²) in [4.78, 5) is -0.125. The molecule has 7 heteroatoms. The van der Waals surface area contributed by atoms with Gasteiger partial charge in [-0.3, -0.25) is 4.72 Å². The van der Waals surface area contributed by atoms with Gasteiger partial charge >= 0.3 is 0 Å². The minimum Gasteiger partial charge on any atom is -0.279 e. The molecule has 2 aromatic carbocycles. The first kappa shape index (κ1) is 15.5. The Kier molecular flexibility index (Phi) is 4.51. The van der Waals surface area contributed by atoms with Gasteiger partial charge in [-0.25, -0.2) is 12.8 Å². The van der Waals surface area contributed by atoms with E-state index in [9.17, 15) is 12.8 Å². The normalized spacial score (nSPS) is 11.4. The molecule has 0 aliphatic carbocycles. The van der Waals surface area contributed by atoms with Crippen LogP contribution in [-0.2, 0) is 10.0 Å². The molecule has 0 aliphatic heterocycles. The summed E-state index contributed by atoms with van der Waals surface area (Å²) in [5.74, 6) is -0.625. The number of anilines is 1. The molecular weight excluding hydrogens is 413 g/mol. The average molecular weight is 423 g/mol. The zero-order valence-corrected chi connectivity index (χ0v) is 14.3. The number of benzene rings is 2. The van der Waals surface area contributed by atoms with Crippen LogP contribution in [0.5, 0.6) is 0 Å². The molecule has 0 spiro atoms. The van der Waals surface area contributed by atoms with Crippen molar-refractivity contribution in [3.05, 3.63) is 56.7 Å². The van der Waals surface area contributed by atoms with Crippen molar-refractivity contribution in [1.29, 1.82) is 0 Å². The van der Waals surface area contributed by atoms with E-state index in [0.29, 0.717) is 5.69 Å². The van der Waals surface area contributed by atoms with Crippen molar-refractivity contribution in [3.63, 3.8) is 0 Å². The molecule has 0 fully saturated rings. The number of rotatable bonds is 3. The monoisotopic (exact) mass is 421 g/mol. The predicted molar refractivity (Wildman–Crippen MR) is 83.8 cm³/mol. The SMILES string of the molecule is Cc1cc(Br)ccc1NS(=O)(=O)c1ccc(Br)c(F)c1. The number of hydrogen-bond acceptors (Lipinski definition) is 2. The molecule has 20 heavy (non-hydrogen) atoms. The van der Waals surface area contributed by atoms with E-state index < -0.39 is 15.8 Å². The molecule has 3 nitrogen and oxygen atoms in total. The summed E-state index contributed by atoms with van der Waals surface area (Å²) in [5, 5.41) is 0. The molecule has 0 unspecified atom stereocenters. The molecule has 2 rings (SSSR count). The first-order chi connectivity index (χ1) is 9.29. The number of hydrogen-bond donors (Lipinski definition) is 1. The van der Waals surface area contributed by atoms with Crippen LogP contribution in [0, 0.1) is 12.7 Å². The van der Waals surface area contributed by atoms with E-state index in [1.165, 1.54) is 12.1 Å². The fourth-order valence-electron chi connectivity index (χ4n) is 1.59. The summed E-state index contributed by atoms with van der Waals surface area (Å²) in [6.45, 7) is 1.78. The van der Waals surface area contributed by atoms with Crippen LogP contribution in [0.2, 0.25) is 0 Å². The van der Waals surface area contributed by atoms with Crippen LogP contribution < -0.4 is 4.72 Å². The Morgan fingerprint density at radius 1 is 1.10 bits per heavy atom. The average Bonchev–Trinajstić information content (AvgIpc) is 2.36. The summed E-state index contributed by atoms with van der Waals surface area (Å²) < 4.78 is 41.3. The van der Waals surface area contributed by atoms with Crippen molar-refractivity contribution in [3.8, 4) is 0 Å². The van der Waals surface area contributed by atoms with Crippen LogP contribution in [-0.4, -0.2) is 8.42 Å². The summed E-state index contributed by atoms with van der Waals surface area (Å²) in [7, 11) is -3.81. The quantitative estimate of drug-likeness (QED) is 0.793.